The van der Waals surface area contributed by atoms with Gasteiger partial charge in [0.1, 0.15) is 16.3 Å². The Kier molecular flexibility index (Phi) is 6.20. The number of hydrogen-bond acceptors (Lipinski definition) is 8. The molecule has 34 heavy (non-hydrogen) atoms. The van der Waals surface area contributed by atoms with Crippen LogP contribution in [0.15, 0.2) is 57.0 Å². The lowest BCUT2D eigenvalue weighted by atomic mass is 9.97. The lowest BCUT2D eigenvalue weighted by Crippen LogP contribution is -2.25. The zero-order valence-corrected chi connectivity index (χ0v) is 19.6. The number of thioether (sulfide) groups is 1. The largest absolute Gasteiger partial charge is 0.467 e. The number of nitro groups is 1. The number of nitrogens with one attached hydrogen (secondary N) is 1. The third-order valence-corrected chi connectivity index (χ3v) is 7.80. The van der Waals surface area contributed by atoms with Crippen molar-refractivity contribution in [1.82, 2.24) is 9.55 Å². The number of nitrogens with zero attached hydrogens (tertiary/aromatic N) is 3. The number of carbonyl (C=O) groups is 1. The number of aromatic nitrogens is 2. The van der Waals surface area contributed by atoms with E-state index in [1.165, 1.54) is 23.1 Å². The number of carbonyl (C=O) groups excluding carboxylic acids is 1. The Morgan fingerprint density at radius 3 is 2.85 bits per heavy atom. The summed E-state index contributed by atoms with van der Waals surface area (Å²) in [4.78, 5) is 43.5. The molecule has 174 valence electrons. The fourth-order valence-corrected chi connectivity index (χ4v) is 6.18. The topological polar surface area (TPSA) is 120 Å². The summed E-state index contributed by atoms with van der Waals surface area (Å²) in [6, 6.07) is 9.51. The number of hydrogen-bond donors (Lipinski definition) is 1. The van der Waals surface area contributed by atoms with Crippen LogP contribution in [0.3, 0.4) is 0 Å². The van der Waals surface area contributed by atoms with E-state index in [4.69, 9.17) is 9.40 Å². The summed E-state index contributed by atoms with van der Waals surface area (Å²) in [5, 5.41) is 14.9. The van der Waals surface area contributed by atoms with Gasteiger partial charge in [-0.2, -0.15) is 0 Å². The Labute approximate surface area is 202 Å². The van der Waals surface area contributed by atoms with Gasteiger partial charge in [0.2, 0.25) is 5.91 Å². The summed E-state index contributed by atoms with van der Waals surface area (Å²) in [6.07, 6.45) is 5.53. The molecule has 0 aliphatic heterocycles. The second kappa shape index (κ2) is 9.43. The minimum atomic E-state index is -0.544. The molecule has 0 saturated heterocycles. The van der Waals surface area contributed by atoms with Crippen LogP contribution in [-0.4, -0.2) is 26.1 Å². The maximum absolute atomic E-state index is 13.6. The molecule has 0 spiro atoms. The maximum atomic E-state index is 13.6. The molecule has 0 atom stereocenters. The van der Waals surface area contributed by atoms with Crippen LogP contribution in [0.25, 0.3) is 10.2 Å². The van der Waals surface area contributed by atoms with Crippen molar-refractivity contribution in [2.75, 3.05) is 11.1 Å². The smallest absolute Gasteiger partial charge is 0.292 e. The fourth-order valence-electron chi connectivity index (χ4n) is 4.08. The first-order valence-electron chi connectivity index (χ1n) is 10.7. The standard InChI is InChI=1S/C23H20N4O5S2/c28-19(24-16-8-2-3-9-17(16)27(30)31)13-33-23-25-21-20(15-7-1-4-10-18(15)34-21)22(29)26(23)12-14-6-5-11-32-14/h2-3,5-6,8-9,11H,1,4,7,10,12-13H2,(H,24,28). The lowest BCUT2D eigenvalue weighted by Gasteiger charge is -2.13. The third kappa shape index (κ3) is 4.36. The average molecular weight is 497 g/mol. The van der Waals surface area contributed by atoms with Crippen LogP contribution >= 0.6 is 23.1 Å². The van der Waals surface area contributed by atoms with Gasteiger partial charge in [0.25, 0.3) is 11.2 Å². The maximum Gasteiger partial charge on any atom is 0.292 e. The zero-order valence-electron chi connectivity index (χ0n) is 18.0. The lowest BCUT2D eigenvalue weighted by molar-refractivity contribution is -0.383. The van der Waals surface area contributed by atoms with Gasteiger partial charge in [-0.05, 0) is 49.4 Å². The number of amides is 1. The molecule has 1 amide bonds. The van der Waals surface area contributed by atoms with Crippen molar-refractivity contribution in [2.24, 2.45) is 0 Å². The highest BCUT2D eigenvalue weighted by Crippen LogP contribution is 2.35. The molecule has 1 aromatic carbocycles. The van der Waals surface area contributed by atoms with E-state index in [1.54, 1.807) is 40.4 Å². The summed E-state index contributed by atoms with van der Waals surface area (Å²) in [6.45, 7) is 0.202. The first-order chi connectivity index (χ1) is 16.5. The third-order valence-electron chi connectivity index (χ3n) is 5.64. The van der Waals surface area contributed by atoms with Gasteiger partial charge in [0, 0.05) is 10.9 Å². The van der Waals surface area contributed by atoms with Gasteiger partial charge in [-0.3, -0.25) is 24.3 Å². The number of anilines is 1. The van der Waals surface area contributed by atoms with E-state index in [9.17, 15) is 19.7 Å². The van der Waals surface area contributed by atoms with Gasteiger partial charge in [0.05, 0.1) is 28.9 Å². The molecule has 5 rings (SSSR count). The molecule has 4 aromatic rings. The Morgan fingerprint density at radius 2 is 2.06 bits per heavy atom. The number of benzene rings is 1. The first kappa shape index (κ1) is 22.4. The number of fused-ring (bicyclic) bond motifs is 3. The first-order valence-corrected chi connectivity index (χ1v) is 12.5. The molecular weight excluding hydrogens is 476 g/mol. The predicted molar refractivity (Wildman–Crippen MR) is 131 cm³/mol. The van der Waals surface area contributed by atoms with Crippen molar-refractivity contribution in [3.8, 4) is 0 Å². The Morgan fingerprint density at radius 1 is 1.24 bits per heavy atom. The molecule has 0 saturated carbocycles. The minimum absolute atomic E-state index is 0.0623. The van der Waals surface area contributed by atoms with Crippen molar-refractivity contribution in [3.05, 3.63) is 79.3 Å². The molecule has 0 unspecified atom stereocenters. The number of nitro benzene ring substituents is 1. The zero-order chi connectivity index (χ0) is 23.7. The number of furan rings is 1. The van der Waals surface area contributed by atoms with Crippen LogP contribution in [0, 0.1) is 10.1 Å². The number of para-hydroxylation sites is 2. The summed E-state index contributed by atoms with van der Waals surface area (Å²) < 4.78 is 7.00. The van der Waals surface area contributed by atoms with Crippen LogP contribution < -0.4 is 10.9 Å². The summed E-state index contributed by atoms with van der Waals surface area (Å²) in [5.41, 5.74) is 0.907. The molecule has 3 heterocycles. The van der Waals surface area contributed by atoms with Gasteiger partial charge in [-0.15, -0.1) is 11.3 Å². The van der Waals surface area contributed by atoms with Crippen molar-refractivity contribution < 1.29 is 14.1 Å². The molecule has 11 heteroatoms. The Hall–Kier alpha value is -3.44. The molecule has 1 aliphatic rings. The Bertz CT molecular complexity index is 1440. The number of thiophene rings is 1. The van der Waals surface area contributed by atoms with Gasteiger partial charge < -0.3 is 9.73 Å². The number of rotatable bonds is 7. The van der Waals surface area contributed by atoms with E-state index >= 15 is 0 Å². The van der Waals surface area contributed by atoms with Crippen molar-refractivity contribution in [2.45, 2.75) is 37.4 Å². The molecule has 0 bridgehead atoms. The van der Waals surface area contributed by atoms with E-state index in [0.717, 1.165) is 43.0 Å². The van der Waals surface area contributed by atoms with Gasteiger partial charge in [-0.1, -0.05) is 23.9 Å². The summed E-state index contributed by atoms with van der Waals surface area (Å²) in [7, 11) is 0. The van der Waals surface area contributed by atoms with Crippen LogP contribution in [0.5, 0.6) is 0 Å². The van der Waals surface area contributed by atoms with Gasteiger partial charge in [0.15, 0.2) is 5.16 Å². The van der Waals surface area contributed by atoms with Crippen LogP contribution in [-0.2, 0) is 24.2 Å². The molecule has 9 nitrogen and oxygen atoms in total. The van der Waals surface area contributed by atoms with E-state index in [0.29, 0.717) is 21.1 Å². The van der Waals surface area contributed by atoms with Crippen molar-refractivity contribution in [1.29, 1.82) is 0 Å². The van der Waals surface area contributed by atoms with Gasteiger partial charge in [-0.25, -0.2) is 4.98 Å². The molecule has 1 aliphatic carbocycles. The van der Waals surface area contributed by atoms with Crippen LogP contribution in [0.4, 0.5) is 11.4 Å². The average Bonchev–Trinajstić information content (AvgIpc) is 3.47. The summed E-state index contributed by atoms with van der Waals surface area (Å²) >= 11 is 2.67. The van der Waals surface area contributed by atoms with Gasteiger partial charge >= 0.3 is 0 Å². The van der Waals surface area contributed by atoms with Crippen LogP contribution in [0.1, 0.15) is 29.0 Å². The molecular formula is C23H20N4O5S2. The van der Waals surface area contributed by atoms with Crippen molar-refractivity contribution >= 4 is 50.6 Å². The minimum Gasteiger partial charge on any atom is -0.467 e. The molecule has 0 radical (unpaired) electrons. The Balaban J connectivity index is 1.45. The quantitative estimate of drug-likeness (QED) is 0.172. The van der Waals surface area contributed by atoms with Crippen molar-refractivity contribution in [3.63, 3.8) is 0 Å². The van der Waals surface area contributed by atoms with E-state index < -0.39 is 10.8 Å². The van der Waals surface area contributed by atoms with Crippen LogP contribution in [0.2, 0.25) is 0 Å². The van der Waals surface area contributed by atoms with E-state index in [1.807, 2.05) is 0 Å². The molecule has 0 fully saturated rings. The molecule has 1 N–H and O–H groups in total. The van der Waals surface area contributed by atoms with E-state index in [2.05, 4.69) is 5.32 Å². The second-order valence-electron chi connectivity index (χ2n) is 7.87. The van der Waals surface area contributed by atoms with E-state index in [-0.39, 0.29) is 29.2 Å². The second-order valence-corrected chi connectivity index (χ2v) is 9.89. The number of aryl methyl sites for hydroxylation is 2. The highest BCUT2D eigenvalue weighted by molar-refractivity contribution is 7.99. The highest BCUT2D eigenvalue weighted by Gasteiger charge is 2.23. The highest BCUT2D eigenvalue weighted by atomic mass is 32.2. The molecule has 3 aromatic heterocycles. The monoisotopic (exact) mass is 496 g/mol. The predicted octanol–water partition coefficient (Wildman–Crippen LogP) is 4.62. The summed E-state index contributed by atoms with van der Waals surface area (Å²) in [5.74, 6) is 0.120. The normalized spacial score (nSPS) is 13.1. The SMILES string of the molecule is O=C(CSc1nc2sc3c(c2c(=O)n1Cc1ccco1)CCCC3)Nc1ccccc1[N+](=O)[O-]. The fraction of sp³-hybridized carbons (Fsp3) is 0.261.